The molecule has 1 N–H and O–H groups in total. The summed E-state index contributed by atoms with van der Waals surface area (Å²) in [6.07, 6.45) is 5.13. The van der Waals surface area contributed by atoms with Crippen LogP contribution in [-0.2, 0) is 0 Å². The van der Waals surface area contributed by atoms with Crippen LogP contribution in [0.2, 0.25) is 0 Å². The molecule has 2 rings (SSSR count). The number of anilines is 1. The Labute approximate surface area is 96.8 Å². The first-order valence-electron chi connectivity index (χ1n) is 6.03. The zero-order chi connectivity index (χ0) is 11.2. The average Bonchev–Trinajstić information content (AvgIpc) is 2.76. The summed E-state index contributed by atoms with van der Waals surface area (Å²) in [7, 11) is 0. The quantitative estimate of drug-likeness (QED) is 0.747. The van der Waals surface area contributed by atoms with Crippen LogP contribution in [0.3, 0.4) is 0 Å². The maximum atomic E-state index is 5.32. The lowest BCUT2D eigenvalue weighted by molar-refractivity contribution is 0.174. The van der Waals surface area contributed by atoms with Crippen molar-refractivity contribution in [3.63, 3.8) is 0 Å². The third kappa shape index (κ3) is 2.81. The Morgan fingerprint density at radius 3 is 2.88 bits per heavy atom. The number of rotatable bonds is 6. The number of hydrogen-bond acceptors (Lipinski definition) is 3. The first-order valence-corrected chi connectivity index (χ1v) is 6.03. The molecule has 0 atom stereocenters. The molecular formula is C13H19NO2. The van der Waals surface area contributed by atoms with Crippen molar-refractivity contribution in [2.75, 3.05) is 18.7 Å². The van der Waals surface area contributed by atoms with E-state index in [0.717, 1.165) is 23.7 Å². The molecule has 3 nitrogen and oxygen atoms in total. The van der Waals surface area contributed by atoms with E-state index in [1.165, 1.54) is 25.7 Å². The van der Waals surface area contributed by atoms with Crippen molar-refractivity contribution in [3.05, 3.63) is 18.2 Å². The van der Waals surface area contributed by atoms with E-state index in [1.54, 1.807) is 0 Å². The maximum Gasteiger partial charge on any atom is 0.231 e. The van der Waals surface area contributed by atoms with Gasteiger partial charge in [0.25, 0.3) is 0 Å². The molecule has 0 amide bonds. The number of nitrogens with one attached hydrogen (secondary N) is 1. The van der Waals surface area contributed by atoms with Crippen LogP contribution in [-0.4, -0.2) is 13.3 Å². The summed E-state index contributed by atoms with van der Waals surface area (Å²) in [4.78, 5) is 0. The molecule has 1 heterocycles. The van der Waals surface area contributed by atoms with Gasteiger partial charge in [0.1, 0.15) is 0 Å². The minimum Gasteiger partial charge on any atom is -0.454 e. The van der Waals surface area contributed by atoms with Crippen LogP contribution in [0.4, 0.5) is 5.69 Å². The van der Waals surface area contributed by atoms with E-state index in [9.17, 15) is 0 Å². The molecule has 1 aromatic rings. The smallest absolute Gasteiger partial charge is 0.231 e. The fourth-order valence-corrected chi connectivity index (χ4v) is 1.79. The van der Waals surface area contributed by atoms with Gasteiger partial charge in [-0.25, -0.2) is 0 Å². The van der Waals surface area contributed by atoms with Gasteiger partial charge in [-0.15, -0.1) is 0 Å². The van der Waals surface area contributed by atoms with Gasteiger partial charge in [-0.3, -0.25) is 0 Å². The predicted octanol–water partition coefficient (Wildman–Crippen LogP) is 3.41. The summed E-state index contributed by atoms with van der Waals surface area (Å²) in [5.74, 6) is 1.69. The van der Waals surface area contributed by atoms with Crippen LogP contribution >= 0.6 is 0 Å². The van der Waals surface area contributed by atoms with Gasteiger partial charge in [0.15, 0.2) is 11.5 Å². The largest absolute Gasteiger partial charge is 0.454 e. The highest BCUT2D eigenvalue weighted by molar-refractivity contribution is 5.55. The molecule has 0 aromatic heterocycles. The van der Waals surface area contributed by atoms with Gasteiger partial charge in [-0.1, -0.05) is 26.2 Å². The molecule has 0 bridgehead atoms. The van der Waals surface area contributed by atoms with Crippen molar-refractivity contribution in [3.8, 4) is 11.5 Å². The minimum atomic E-state index is 0.343. The minimum absolute atomic E-state index is 0.343. The van der Waals surface area contributed by atoms with E-state index in [1.807, 2.05) is 18.2 Å². The van der Waals surface area contributed by atoms with E-state index in [0.29, 0.717) is 6.79 Å². The Morgan fingerprint density at radius 2 is 2.00 bits per heavy atom. The normalized spacial score (nSPS) is 12.8. The van der Waals surface area contributed by atoms with Crippen LogP contribution < -0.4 is 14.8 Å². The van der Waals surface area contributed by atoms with Crippen LogP contribution in [0.1, 0.15) is 32.6 Å². The Hall–Kier alpha value is -1.38. The van der Waals surface area contributed by atoms with Gasteiger partial charge in [0, 0.05) is 18.3 Å². The topological polar surface area (TPSA) is 30.5 Å². The molecule has 0 saturated heterocycles. The zero-order valence-electron chi connectivity index (χ0n) is 9.79. The Balaban J connectivity index is 1.77. The SMILES string of the molecule is CCCCCCNc1ccc2c(c1)OCO2. The van der Waals surface area contributed by atoms with Crippen molar-refractivity contribution in [2.24, 2.45) is 0 Å². The standard InChI is InChI=1S/C13H19NO2/c1-2-3-4-5-8-14-11-6-7-12-13(9-11)16-10-15-12/h6-7,9,14H,2-5,8,10H2,1H3. The second-order valence-corrected chi connectivity index (χ2v) is 4.06. The van der Waals surface area contributed by atoms with Gasteiger partial charge in [-0.05, 0) is 18.6 Å². The zero-order valence-corrected chi connectivity index (χ0v) is 9.79. The number of fused-ring (bicyclic) bond motifs is 1. The second kappa shape index (κ2) is 5.64. The second-order valence-electron chi connectivity index (χ2n) is 4.06. The molecular weight excluding hydrogens is 202 g/mol. The van der Waals surface area contributed by atoms with Gasteiger partial charge in [0.2, 0.25) is 6.79 Å². The summed E-state index contributed by atoms with van der Waals surface area (Å²) >= 11 is 0. The van der Waals surface area contributed by atoms with Crippen molar-refractivity contribution in [1.82, 2.24) is 0 Å². The fraction of sp³-hybridized carbons (Fsp3) is 0.538. The predicted molar refractivity (Wildman–Crippen MR) is 65.2 cm³/mol. The molecule has 0 spiro atoms. The third-order valence-corrected chi connectivity index (χ3v) is 2.73. The van der Waals surface area contributed by atoms with Crippen molar-refractivity contribution in [1.29, 1.82) is 0 Å². The first-order chi connectivity index (χ1) is 7.90. The Kier molecular flexibility index (Phi) is 3.91. The van der Waals surface area contributed by atoms with E-state index in [4.69, 9.17) is 9.47 Å². The summed E-state index contributed by atoms with van der Waals surface area (Å²) in [6, 6.07) is 5.99. The van der Waals surface area contributed by atoms with Crippen LogP contribution in [0.25, 0.3) is 0 Å². The molecule has 16 heavy (non-hydrogen) atoms. The average molecular weight is 221 g/mol. The van der Waals surface area contributed by atoms with Crippen LogP contribution in [0, 0.1) is 0 Å². The molecule has 0 fully saturated rings. The lowest BCUT2D eigenvalue weighted by Crippen LogP contribution is -2.01. The van der Waals surface area contributed by atoms with Crippen molar-refractivity contribution in [2.45, 2.75) is 32.6 Å². The molecule has 0 radical (unpaired) electrons. The third-order valence-electron chi connectivity index (χ3n) is 2.73. The lowest BCUT2D eigenvalue weighted by atomic mass is 10.2. The van der Waals surface area contributed by atoms with E-state index < -0.39 is 0 Å². The first kappa shape index (κ1) is 11.1. The highest BCUT2D eigenvalue weighted by Crippen LogP contribution is 2.34. The number of hydrogen-bond donors (Lipinski definition) is 1. The molecule has 1 aliphatic heterocycles. The molecule has 1 aromatic carbocycles. The monoisotopic (exact) mass is 221 g/mol. The van der Waals surface area contributed by atoms with Crippen LogP contribution in [0.15, 0.2) is 18.2 Å². The van der Waals surface area contributed by atoms with Crippen molar-refractivity contribution < 1.29 is 9.47 Å². The molecule has 0 unspecified atom stereocenters. The van der Waals surface area contributed by atoms with Gasteiger partial charge in [0.05, 0.1) is 0 Å². The fourth-order valence-electron chi connectivity index (χ4n) is 1.79. The summed E-state index contributed by atoms with van der Waals surface area (Å²) in [5.41, 5.74) is 1.11. The number of unbranched alkanes of at least 4 members (excludes halogenated alkanes) is 3. The number of benzene rings is 1. The molecule has 0 saturated carbocycles. The Bertz CT molecular complexity index is 339. The summed E-state index contributed by atoms with van der Waals surface area (Å²) in [6.45, 7) is 3.60. The van der Waals surface area contributed by atoms with Gasteiger partial charge < -0.3 is 14.8 Å². The van der Waals surface area contributed by atoms with Gasteiger partial charge >= 0.3 is 0 Å². The van der Waals surface area contributed by atoms with Gasteiger partial charge in [-0.2, -0.15) is 0 Å². The van der Waals surface area contributed by atoms with Crippen LogP contribution in [0.5, 0.6) is 11.5 Å². The summed E-state index contributed by atoms with van der Waals surface area (Å²) in [5, 5.41) is 3.40. The van der Waals surface area contributed by atoms with E-state index >= 15 is 0 Å². The molecule has 88 valence electrons. The molecule has 1 aliphatic rings. The lowest BCUT2D eigenvalue weighted by Gasteiger charge is -2.06. The highest BCUT2D eigenvalue weighted by Gasteiger charge is 2.12. The summed E-state index contributed by atoms with van der Waals surface area (Å²) < 4.78 is 10.6. The molecule has 3 heteroatoms. The van der Waals surface area contributed by atoms with E-state index in [2.05, 4.69) is 12.2 Å². The Morgan fingerprint density at radius 1 is 1.12 bits per heavy atom. The number of ether oxygens (including phenoxy) is 2. The maximum absolute atomic E-state index is 5.32. The van der Waals surface area contributed by atoms with E-state index in [-0.39, 0.29) is 0 Å². The molecule has 0 aliphatic carbocycles. The van der Waals surface area contributed by atoms with Crippen molar-refractivity contribution >= 4 is 5.69 Å². The highest BCUT2D eigenvalue weighted by atomic mass is 16.7.